The van der Waals surface area contributed by atoms with E-state index in [0.717, 1.165) is 12.1 Å². The van der Waals surface area contributed by atoms with Crippen LogP contribution in [0.4, 0.5) is 17.5 Å². The highest BCUT2D eigenvalue weighted by Crippen LogP contribution is 2.14. The van der Waals surface area contributed by atoms with Gasteiger partial charge in [0, 0.05) is 19.3 Å². The lowest BCUT2D eigenvalue weighted by molar-refractivity contribution is 0.210. The summed E-state index contributed by atoms with van der Waals surface area (Å²) in [7, 11) is 1.66. The van der Waals surface area contributed by atoms with Gasteiger partial charge in [-0.25, -0.2) is 0 Å². The van der Waals surface area contributed by atoms with Gasteiger partial charge in [0.25, 0.3) is 0 Å². The molecular formula is C14H19N5O. The zero-order valence-corrected chi connectivity index (χ0v) is 11.8. The Morgan fingerprint density at radius 1 is 1.20 bits per heavy atom. The van der Waals surface area contributed by atoms with Gasteiger partial charge in [-0.3, -0.25) is 0 Å². The molecule has 0 atom stereocenters. The van der Waals surface area contributed by atoms with Crippen LogP contribution >= 0.6 is 0 Å². The highest BCUT2D eigenvalue weighted by Gasteiger charge is 2.01. The van der Waals surface area contributed by atoms with Crippen molar-refractivity contribution in [2.75, 3.05) is 30.9 Å². The predicted molar refractivity (Wildman–Crippen MR) is 79.3 cm³/mol. The Hall–Kier alpha value is -2.21. The van der Waals surface area contributed by atoms with Gasteiger partial charge in [-0.2, -0.15) is 10.1 Å². The van der Waals surface area contributed by atoms with Crippen molar-refractivity contribution < 1.29 is 4.74 Å². The predicted octanol–water partition coefficient (Wildman–Crippen LogP) is 2.24. The molecule has 0 aliphatic carbocycles. The van der Waals surface area contributed by atoms with Crippen molar-refractivity contribution in [1.82, 2.24) is 15.2 Å². The fourth-order valence-corrected chi connectivity index (χ4v) is 1.68. The van der Waals surface area contributed by atoms with E-state index in [-0.39, 0.29) is 0 Å². The maximum atomic E-state index is 4.97. The summed E-state index contributed by atoms with van der Waals surface area (Å²) in [6, 6.07) is 8.17. The topological polar surface area (TPSA) is 72.0 Å². The highest BCUT2D eigenvalue weighted by molar-refractivity contribution is 5.54. The largest absolute Gasteiger partial charge is 0.383 e. The van der Waals surface area contributed by atoms with Crippen LogP contribution in [0.2, 0.25) is 0 Å². The molecule has 0 saturated heterocycles. The number of rotatable bonds is 7. The Balaban J connectivity index is 1.99. The number of anilines is 3. The van der Waals surface area contributed by atoms with E-state index < -0.39 is 0 Å². The molecule has 6 nitrogen and oxygen atoms in total. The number of aryl methyl sites for hydroxylation is 1. The lowest BCUT2D eigenvalue weighted by Gasteiger charge is -2.07. The van der Waals surface area contributed by atoms with Gasteiger partial charge in [-0.05, 0) is 24.1 Å². The average molecular weight is 273 g/mol. The van der Waals surface area contributed by atoms with Gasteiger partial charge in [0.1, 0.15) is 0 Å². The summed E-state index contributed by atoms with van der Waals surface area (Å²) in [5, 5.41) is 14.1. The Labute approximate surface area is 118 Å². The van der Waals surface area contributed by atoms with Gasteiger partial charge in [0.15, 0.2) is 5.82 Å². The molecule has 2 aromatic rings. The quantitative estimate of drug-likeness (QED) is 0.754. The van der Waals surface area contributed by atoms with E-state index in [4.69, 9.17) is 4.74 Å². The van der Waals surface area contributed by atoms with E-state index in [1.165, 1.54) is 5.56 Å². The first-order chi connectivity index (χ1) is 9.81. The molecule has 0 unspecified atom stereocenters. The van der Waals surface area contributed by atoms with Gasteiger partial charge in [0.05, 0.1) is 12.8 Å². The number of ether oxygens (including phenoxy) is 1. The van der Waals surface area contributed by atoms with Gasteiger partial charge in [0.2, 0.25) is 5.95 Å². The zero-order chi connectivity index (χ0) is 14.2. The van der Waals surface area contributed by atoms with Crippen molar-refractivity contribution in [3.63, 3.8) is 0 Å². The summed E-state index contributed by atoms with van der Waals surface area (Å²) in [5.41, 5.74) is 2.24. The van der Waals surface area contributed by atoms with E-state index in [9.17, 15) is 0 Å². The normalized spacial score (nSPS) is 10.3. The molecule has 0 aliphatic heterocycles. The first-order valence-corrected chi connectivity index (χ1v) is 6.60. The third-order valence-electron chi connectivity index (χ3n) is 2.79. The molecule has 0 fully saturated rings. The van der Waals surface area contributed by atoms with Crippen molar-refractivity contribution in [3.8, 4) is 0 Å². The van der Waals surface area contributed by atoms with E-state index in [1.54, 1.807) is 13.3 Å². The van der Waals surface area contributed by atoms with Crippen LogP contribution in [0.1, 0.15) is 12.5 Å². The zero-order valence-electron chi connectivity index (χ0n) is 11.8. The monoisotopic (exact) mass is 273 g/mol. The van der Waals surface area contributed by atoms with E-state index in [2.05, 4.69) is 44.9 Å². The fraction of sp³-hybridized carbons (Fsp3) is 0.357. The number of methoxy groups -OCH3 is 1. The van der Waals surface area contributed by atoms with Crippen LogP contribution in [0.5, 0.6) is 0 Å². The van der Waals surface area contributed by atoms with Crippen molar-refractivity contribution in [1.29, 1.82) is 0 Å². The number of hydrogen-bond donors (Lipinski definition) is 2. The molecule has 1 aromatic carbocycles. The standard InChI is InChI=1S/C14H19N5O/c1-3-11-4-6-12(7-5-11)17-14-18-13(10-16-19-14)15-8-9-20-2/h4-7,10H,3,8-9H2,1-2H3,(H2,15,17,18,19). The lowest BCUT2D eigenvalue weighted by atomic mass is 10.1. The van der Waals surface area contributed by atoms with Crippen molar-refractivity contribution in [3.05, 3.63) is 36.0 Å². The third-order valence-corrected chi connectivity index (χ3v) is 2.79. The minimum Gasteiger partial charge on any atom is -0.383 e. The molecule has 0 saturated carbocycles. The molecule has 2 rings (SSSR count). The summed E-state index contributed by atoms with van der Waals surface area (Å²) in [5.74, 6) is 1.14. The van der Waals surface area contributed by atoms with Crippen LogP contribution in [0.25, 0.3) is 0 Å². The van der Waals surface area contributed by atoms with Crippen LogP contribution in [0.15, 0.2) is 30.5 Å². The Morgan fingerprint density at radius 3 is 2.70 bits per heavy atom. The Kier molecular flexibility index (Phi) is 5.25. The molecule has 0 amide bonds. The summed E-state index contributed by atoms with van der Waals surface area (Å²) in [4.78, 5) is 4.33. The van der Waals surface area contributed by atoms with Crippen LogP contribution in [-0.2, 0) is 11.2 Å². The van der Waals surface area contributed by atoms with Crippen molar-refractivity contribution in [2.24, 2.45) is 0 Å². The molecule has 1 aromatic heterocycles. The Morgan fingerprint density at radius 2 is 2.00 bits per heavy atom. The number of aromatic nitrogens is 3. The second kappa shape index (κ2) is 7.40. The van der Waals surface area contributed by atoms with Crippen molar-refractivity contribution in [2.45, 2.75) is 13.3 Å². The molecule has 106 valence electrons. The molecule has 0 radical (unpaired) electrons. The number of benzene rings is 1. The second-order valence-electron chi connectivity index (χ2n) is 4.26. The molecule has 0 bridgehead atoms. The van der Waals surface area contributed by atoms with Crippen LogP contribution in [0.3, 0.4) is 0 Å². The van der Waals surface area contributed by atoms with Gasteiger partial charge in [-0.15, -0.1) is 5.10 Å². The summed E-state index contributed by atoms with van der Waals surface area (Å²) in [6.07, 6.45) is 2.61. The smallest absolute Gasteiger partial charge is 0.249 e. The lowest BCUT2D eigenvalue weighted by Crippen LogP contribution is -2.10. The molecule has 1 heterocycles. The molecule has 0 aliphatic rings. The number of nitrogens with one attached hydrogen (secondary N) is 2. The van der Waals surface area contributed by atoms with Crippen LogP contribution in [0, 0.1) is 0 Å². The molecule has 20 heavy (non-hydrogen) atoms. The summed E-state index contributed by atoms with van der Waals surface area (Å²) >= 11 is 0. The first-order valence-electron chi connectivity index (χ1n) is 6.60. The highest BCUT2D eigenvalue weighted by atomic mass is 16.5. The van der Waals surface area contributed by atoms with E-state index in [0.29, 0.717) is 24.9 Å². The summed E-state index contributed by atoms with van der Waals surface area (Å²) < 4.78 is 4.97. The number of hydrogen-bond acceptors (Lipinski definition) is 6. The maximum Gasteiger partial charge on any atom is 0.249 e. The van der Waals surface area contributed by atoms with E-state index in [1.807, 2.05) is 12.1 Å². The molecular weight excluding hydrogens is 254 g/mol. The first kappa shape index (κ1) is 14.2. The SMILES string of the molecule is CCc1ccc(Nc2nncc(NCCOC)n2)cc1. The minimum atomic E-state index is 0.469. The van der Waals surface area contributed by atoms with Gasteiger partial charge in [-0.1, -0.05) is 19.1 Å². The van der Waals surface area contributed by atoms with Gasteiger partial charge < -0.3 is 15.4 Å². The Bertz CT molecular complexity index is 529. The molecule has 6 heteroatoms. The third kappa shape index (κ3) is 4.17. The van der Waals surface area contributed by atoms with Crippen LogP contribution < -0.4 is 10.6 Å². The minimum absolute atomic E-state index is 0.469. The fourth-order valence-electron chi connectivity index (χ4n) is 1.68. The number of nitrogens with zero attached hydrogens (tertiary/aromatic N) is 3. The second-order valence-corrected chi connectivity index (χ2v) is 4.26. The molecule has 0 spiro atoms. The average Bonchev–Trinajstić information content (AvgIpc) is 2.49. The summed E-state index contributed by atoms with van der Waals surface area (Å²) in [6.45, 7) is 3.43. The van der Waals surface area contributed by atoms with E-state index >= 15 is 0 Å². The molecule has 2 N–H and O–H groups in total. The van der Waals surface area contributed by atoms with Crippen LogP contribution in [-0.4, -0.2) is 35.4 Å². The maximum absolute atomic E-state index is 4.97. The van der Waals surface area contributed by atoms with Crippen molar-refractivity contribution >= 4 is 17.5 Å². The van der Waals surface area contributed by atoms with Gasteiger partial charge >= 0.3 is 0 Å².